The molecule has 6 nitrogen and oxygen atoms in total. The summed E-state index contributed by atoms with van der Waals surface area (Å²) >= 11 is 0. The van der Waals surface area contributed by atoms with E-state index in [0.29, 0.717) is 6.61 Å². The van der Waals surface area contributed by atoms with Gasteiger partial charge in [0.25, 0.3) is 0 Å². The fraction of sp³-hybridized carbons (Fsp3) is 0.381. The molecule has 27 heavy (non-hydrogen) atoms. The Morgan fingerprint density at radius 2 is 1.96 bits per heavy atom. The zero-order valence-electron chi connectivity index (χ0n) is 15.1. The molecule has 6 heteroatoms. The van der Waals surface area contributed by atoms with E-state index < -0.39 is 24.3 Å². The standard InChI is InChI=1S/C21H23NO5/c1-12(23)20(24)22-19(18-11-26-18)21(25)27-10-14-6-4-8-16-15-7-3-2-5-13(15)9-17(14)16/h2-8,12,18-20,22-24H,9-11H2,1H3. The number of aliphatic hydroxyl groups excluding tert-OH is 2. The summed E-state index contributed by atoms with van der Waals surface area (Å²) in [6.07, 6.45) is -1.73. The van der Waals surface area contributed by atoms with Crippen LogP contribution in [0.15, 0.2) is 42.5 Å². The highest BCUT2D eigenvalue weighted by Crippen LogP contribution is 2.38. The van der Waals surface area contributed by atoms with Crippen LogP contribution in [-0.2, 0) is 27.3 Å². The lowest BCUT2D eigenvalue weighted by molar-refractivity contribution is -0.150. The van der Waals surface area contributed by atoms with Gasteiger partial charge >= 0.3 is 5.97 Å². The lowest BCUT2D eigenvalue weighted by Crippen LogP contribution is -2.51. The van der Waals surface area contributed by atoms with E-state index in [1.807, 2.05) is 24.3 Å². The van der Waals surface area contributed by atoms with Gasteiger partial charge in [-0.3, -0.25) is 10.1 Å². The predicted octanol–water partition coefficient (Wildman–Crippen LogP) is 1.36. The summed E-state index contributed by atoms with van der Waals surface area (Å²) in [7, 11) is 0. The summed E-state index contributed by atoms with van der Waals surface area (Å²) in [6.45, 7) is 2.03. The van der Waals surface area contributed by atoms with Crippen molar-refractivity contribution in [1.82, 2.24) is 5.32 Å². The molecule has 4 atom stereocenters. The molecule has 1 aliphatic heterocycles. The zero-order chi connectivity index (χ0) is 19.0. The highest BCUT2D eigenvalue weighted by atomic mass is 16.6. The third-order valence-corrected chi connectivity index (χ3v) is 5.11. The number of aliphatic hydroxyl groups is 2. The Morgan fingerprint density at radius 3 is 2.70 bits per heavy atom. The largest absolute Gasteiger partial charge is 0.460 e. The molecule has 4 rings (SSSR count). The fourth-order valence-electron chi connectivity index (χ4n) is 3.50. The van der Waals surface area contributed by atoms with E-state index >= 15 is 0 Å². The number of carbonyl (C=O) groups is 1. The molecule has 2 aromatic carbocycles. The second-order valence-electron chi connectivity index (χ2n) is 7.09. The van der Waals surface area contributed by atoms with E-state index in [4.69, 9.17) is 9.47 Å². The van der Waals surface area contributed by atoms with Gasteiger partial charge in [0.2, 0.25) is 0 Å². The molecule has 0 amide bonds. The van der Waals surface area contributed by atoms with Crippen LogP contribution in [0.5, 0.6) is 0 Å². The molecular formula is C21H23NO5. The summed E-state index contributed by atoms with van der Waals surface area (Å²) in [5.74, 6) is -0.495. The van der Waals surface area contributed by atoms with Crippen molar-refractivity contribution in [2.45, 2.75) is 44.4 Å². The summed E-state index contributed by atoms with van der Waals surface area (Å²) in [6, 6.07) is 13.5. The molecule has 1 saturated heterocycles. The quantitative estimate of drug-likeness (QED) is 0.331. The maximum absolute atomic E-state index is 12.5. The van der Waals surface area contributed by atoms with E-state index in [1.54, 1.807) is 0 Å². The molecule has 2 aliphatic rings. The molecule has 2 aromatic rings. The first-order valence-corrected chi connectivity index (χ1v) is 9.14. The van der Waals surface area contributed by atoms with Crippen molar-refractivity contribution in [2.24, 2.45) is 0 Å². The molecule has 0 bridgehead atoms. The summed E-state index contributed by atoms with van der Waals surface area (Å²) in [5, 5.41) is 21.9. The van der Waals surface area contributed by atoms with E-state index in [-0.39, 0.29) is 12.7 Å². The first-order valence-electron chi connectivity index (χ1n) is 9.14. The third-order valence-electron chi connectivity index (χ3n) is 5.11. The second-order valence-corrected chi connectivity index (χ2v) is 7.09. The number of nitrogens with one attached hydrogen (secondary N) is 1. The van der Waals surface area contributed by atoms with Crippen LogP contribution in [0.1, 0.15) is 23.6 Å². The van der Waals surface area contributed by atoms with Gasteiger partial charge in [0.15, 0.2) is 0 Å². The number of esters is 1. The van der Waals surface area contributed by atoms with Crippen LogP contribution in [0.3, 0.4) is 0 Å². The van der Waals surface area contributed by atoms with Crippen LogP contribution >= 0.6 is 0 Å². The average molecular weight is 369 g/mol. The smallest absolute Gasteiger partial charge is 0.326 e. The number of fused-ring (bicyclic) bond motifs is 3. The minimum absolute atomic E-state index is 0.158. The second kappa shape index (κ2) is 7.40. The number of rotatable bonds is 7. The SMILES string of the molecule is CC(O)C(O)NC(C(=O)OCc1cccc2c1Cc1ccccc1-2)C1CO1. The Balaban J connectivity index is 1.45. The van der Waals surface area contributed by atoms with Crippen LogP contribution in [0.2, 0.25) is 0 Å². The molecular weight excluding hydrogens is 346 g/mol. The molecule has 0 radical (unpaired) electrons. The Hall–Kier alpha value is -2.25. The number of hydrogen-bond donors (Lipinski definition) is 3. The van der Waals surface area contributed by atoms with E-state index in [2.05, 4.69) is 23.5 Å². The van der Waals surface area contributed by atoms with Gasteiger partial charge in [-0.25, -0.2) is 0 Å². The van der Waals surface area contributed by atoms with E-state index in [9.17, 15) is 15.0 Å². The summed E-state index contributed by atoms with van der Waals surface area (Å²) < 4.78 is 10.7. The maximum Gasteiger partial charge on any atom is 0.326 e. The van der Waals surface area contributed by atoms with Crippen LogP contribution in [-0.4, -0.2) is 47.3 Å². The zero-order valence-corrected chi connectivity index (χ0v) is 15.1. The van der Waals surface area contributed by atoms with E-state index in [0.717, 1.165) is 12.0 Å². The van der Waals surface area contributed by atoms with Gasteiger partial charge in [0.1, 0.15) is 25.0 Å². The van der Waals surface area contributed by atoms with Gasteiger partial charge in [-0.05, 0) is 41.2 Å². The molecule has 1 aliphatic carbocycles. The molecule has 3 N–H and O–H groups in total. The highest BCUT2D eigenvalue weighted by molar-refractivity contribution is 5.79. The van der Waals surface area contributed by atoms with Crippen LogP contribution < -0.4 is 5.32 Å². The Morgan fingerprint density at radius 1 is 1.22 bits per heavy atom. The fourth-order valence-corrected chi connectivity index (χ4v) is 3.50. The molecule has 4 unspecified atom stereocenters. The molecule has 0 spiro atoms. The van der Waals surface area contributed by atoms with Crippen molar-refractivity contribution in [1.29, 1.82) is 0 Å². The number of carbonyl (C=O) groups excluding carboxylic acids is 1. The topological polar surface area (TPSA) is 91.3 Å². The minimum Gasteiger partial charge on any atom is -0.460 e. The average Bonchev–Trinajstić information content (AvgIpc) is 3.43. The highest BCUT2D eigenvalue weighted by Gasteiger charge is 2.40. The van der Waals surface area contributed by atoms with Crippen LogP contribution in [0, 0.1) is 0 Å². The summed E-state index contributed by atoms with van der Waals surface area (Å²) in [5.41, 5.74) is 5.85. The monoisotopic (exact) mass is 369 g/mol. The van der Waals surface area contributed by atoms with Gasteiger partial charge in [0.05, 0.1) is 12.7 Å². The lowest BCUT2D eigenvalue weighted by atomic mass is 10.0. The van der Waals surface area contributed by atoms with Crippen molar-refractivity contribution in [3.8, 4) is 11.1 Å². The van der Waals surface area contributed by atoms with Gasteiger partial charge in [-0.15, -0.1) is 0 Å². The van der Waals surface area contributed by atoms with Crippen molar-refractivity contribution >= 4 is 5.97 Å². The number of benzene rings is 2. The van der Waals surface area contributed by atoms with Crippen molar-refractivity contribution in [2.75, 3.05) is 6.61 Å². The first-order chi connectivity index (χ1) is 13.0. The van der Waals surface area contributed by atoms with Gasteiger partial charge in [-0.2, -0.15) is 0 Å². The normalized spacial score (nSPS) is 20.3. The van der Waals surface area contributed by atoms with Crippen molar-refractivity contribution in [3.05, 3.63) is 59.2 Å². The Kier molecular flexibility index (Phi) is 4.97. The maximum atomic E-state index is 12.5. The van der Waals surface area contributed by atoms with Gasteiger partial charge in [0, 0.05) is 0 Å². The van der Waals surface area contributed by atoms with Gasteiger partial charge < -0.3 is 19.7 Å². The predicted molar refractivity (Wildman–Crippen MR) is 98.8 cm³/mol. The molecule has 0 saturated carbocycles. The molecule has 1 heterocycles. The number of epoxide rings is 1. The number of ether oxygens (including phenoxy) is 2. The minimum atomic E-state index is -1.22. The van der Waals surface area contributed by atoms with Crippen LogP contribution in [0.4, 0.5) is 0 Å². The van der Waals surface area contributed by atoms with Crippen molar-refractivity contribution < 1.29 is 24.5 Å². The Bertz CT molecular complexity index is 846. The molecule has 1 fully saturated rings. The third kappa shape index (κ3) is 3.75. The first kappa shape index (κ1) is 18.1. The number of hydrogen-bond acceptors (Lipinski definition) is 6. The molecule has 0 aromatic heterocycles. The van der Waals surface area contributed by atoms with Crippen LogP contribution in [0.25, 0.3) is 11.1 Å². The molecule has 142 valence electrons. The van der Waals surface area contributed by atoms with Gasteiger partial charge in [-0.1, -0.05) is 42.5 Å². The Labute approximate surface area is 157 Å². The lowest BCUT2D eigenvalue weighted by Gasteiger charge is -2.22. The van der Waals surface area contributed by atoms with Crippen molar-refractivity contribution in [3.63, 3.8) is 0 Å². The van der Waals surface area contributed by atoms with E-state index in [1.165, 1.54) is 29.2 Å². The summed E-state index contributed by atoms with van der Waals surface area (Å²) in [4.78, 5) is 12.5.